The molecular formula is C12H15F3N4O. The predicted octanol–water partition coefficient (Wildman–Crippen LogP) is 1.38. The molecule has 2 heterocycles. The molecular weight excluding hydrogens is 273 g/mol. The van der Waals surface area contributed by atoms with E-state index in [9.17, 15) is 18.0 Å². The fourth-order valence-corrected chi connectivity index (χ4v) is 2.25. The first-order chi connectivity index (χ1) is 9.28. The number of likely N-dealkylation sites (tertiary alicyclic amines) is 1. The van der Waals surface area contributed by atoms with E-state index in [2.05, 4.69) is 9.97 Å². The molecule has 1 fully saturated rings. The molecule has 0 radical (unpaired) electrons. The van der Waals surface area contributed by atoms with Gasteiger partial charge in [-0.1, -0.05) is 0 Å². The number of likely N-dealkylation sites (N-methyl/N-ethyl adjacent to an activating group) is 1. The number of nitrogens with zero attached hydrogens (tertiary/aromatic N) is 4. The van der Waals surface area contributed by atoms with Crippen molar-refractivity contribution in [2.24, 2.45) is 0 Å². The van der Waals surface area contributed by atoms with Crippen LogP contribution in [0, 0.1) is 6.92 Å². The van der Waals surface area contributed by atoms with Gasteiger partial charge >= 0.3 is 6.18 Å². The van der Waals surface area contributed by atoms with Crippen LogP contribution in [0.4, 0.5) is 19.0 Å². The molecule has 1 saturated heterocycles. The Labute approximate surface area is 114 Å². The zero-order valence-electron chi connectivity index (χ0n) is 11.2. The van der Waals surface area contributed by atoms with E-state index in [4.69, 9.17) is 0 Å². The van der Waals surface area contributed by atoms with Crippen LogP contribution < -0.4 is 4.90 Å². The van der Waals surface area contributed by atoms with Gasteiger partial charge in [-0.15, -0.1) is 0 Å². The van der Waals surface area contributed by atoms with Crippen LogP contribution in [0.3, 0.4) is 0 Å². The average Bonchev–Trinajstić information content (AvgIpc) is 2.68. The van der Waals surface area contributed by atoms with Crippen molar-refractivity contribution in [3.05, 3.63) is 18.1 Å². The number of aromatic nitrogens is 2. The van der Waals surface area contributed by atoms with Crippen LogP contribution in [0.1, 0.15) is 12.1 Å². The smallest absolute Gasteiger partial charge is 0.347 e. The van der Waals surface area contributed by atoms with Gasteiger partial charge in [-0.25, -0.2) is 9.97 Å². The Morgan fingerprint density at radius 2 is 2.15 bits per heavy atom. The van der Waals surface area contributed by atoms with Crippen LogP contribution in [0.25, 0.3) is 0 Å². The first-order valence-electron chi connectivity index (χ1n) is 6.15. The van der Waals surface area contributed by atoms with Gasteiger partial charge in [-0.2, -0.15) is 13.2 Å². The highest BCUT2D eigenvalue weighted by molar-refractivity contribution is 5.87. The normalized spacial score (nSPS) is 19.6. The summed E-state index contributed by atoms with van der Waals surface area (Å²) >= 11 is 0. The molecule has 0 aliphatic carbocycles. The maximum absolute atomic E-state index is 12.4. The molecule has 8 heteroatoms. The Morgan fingerprint density at radius 1 is 1.45 bits per heavy atom. The minimum absolute atomic E-state index is 0.109. The first-order valence-corrected chi connectivity index (χ1v) is 6.15. The van der Waals surface area contributed by atoms with Crippen molar-refractivity contribution >= 4 is 11.7 Å². The van der Waals surface area contributed by atoms with Crippen LogP contribution in [-0.4, -0.2) is 53.1 Å². The quantitative estimate of drug-likeness (QED) is 0.843. The van der Waals surface area contributed by atoms with Gasteiger partial charge < -0.3 is 9.80 Å². The summed E-state index contributed by atoms with van der Waals surface area (Å²) in [5.74, 6) is 0.0193. The number of halogens is 3. The standard InChI is InChI=1S/C12H15F3N4O/c1-8-5-10(17-7-16-8)18(2)9-3-4-19(11(9)20)6-12(13,14)15/h5,7,9H,3-4,6H2,1-2H3. The highest BCUT2D eigenvalue weighted by Crippen LogP contribution is 2.24. The van der Waals surface area contributed by atoms with Crippen molar-refractivity contribution in [2.75, 3.05) is 25.0 Å². The maximum atomic E-state index is 12.4. The fourth-order valence-electron chi connectivity index (χ4n) is 2.25. The number of alkyl halides is 3. The summed E-state index contributed by atoms with van der Waals surface area (Å²) in [6.45, 7) is 0.696. The van der Waals surface area contributed by atoms with E-state index in [1.807, 2.05) is 0 Å². The first kappa shape index (κ1) is 14.5. The Bertz CT molecular complexity index is 506. The van der Waals surface area contributed by atoms with Crippen LogP contribution in [0.2, 0.25) is 0 Å². The van der Waals surface area contributed by atoms with Gasteiger partial charge in [0.2, 0.25) is 5.91 Å². The molecule has 20 heavy (non-hydrogen) atoms. The van der Waals surface area contributed by atoms with Gasteiger partial charge in [0.05, 0.1) is 0 Å². The molecule has 1 aliphatic rings. The van der Waals surface area contributed by atoms with E-state index in [1.165, 1.54) is 6.33 Å². The molecule has 1 unspecified atom stereocenters. The molecule has 1 atom stereocenters. The van der Waals surface area contributed by atoms with Gasteiger partial charge in [-0.05, 0) is 13.3 Å². The Balaban J connectivity index is 2.09. The molecule has 1 aromatic heterocycles. The van der Waals surface area contributed by atoms with E-state index >= 15 is 0 Å². The van der Waals surface area contributed by atoms with Crippen LogP contribution in [0.5, 0.6) is 0 Å². The monoisotopic (exact) mass is 288 g/mol. The van der Waals surface area contributed by atoms with Gasteiger partial charge in [-0.3, -0.25) is 4.79 Å². The molecule has 5 nitrogen and oxygen atoms in total. The van der Waals surface area contributed by atoms with Gasteiger partial charge in [0, 0.05) is 25.4 Å². The van der Waals surface area contributed by atoms with E-state index in [1.54, 1.807) is 24.9 Å². The third kappa shape index (κ3) is 3.17. The second-order valence-electron chi connectivity index (χ2n) is 4.81. The van der Waals surface area contributed by atoms with Crippen molar-refractivity contribution in [3.63, 3.8) is 0 Å². The molecule has 0 saturated carbocycles. The van der Waals surface area contributed by atoms with Crippen molar-refractivity contribution in [1.82, 2.24) is 14.9 Å². The van der Waals surface area contributed by atoms with Gasteiger partial charge in [0.25, 0.3) is 0 Å². The zero-order chi connectivity index (χ0) is 14.9. The van der Waals surface area contributed by atoms with Crippen molar-refractivity contribution in [2.45, 2.75) is 25.6 Å². The lowest BCUT2D eigenvalue weighted by atomic mass is 10.2. The fraction of sp³-hybridized carbons (Fsp3) is 0.583. The summed E-state index contributed by atoms with van der Waals surface area (Å²) in [7, 11) is 1.65. The largest absolute Gasteiger partial charge is 0.406 e. The number of rotatable bonds is 3. The van der Waals surface area contributed by atoms with Crippen molar-refractivity contribution in [3.8, 4) is 0 Å². The second-order valence-corrected chi connectivity index (χ2v) is 4.81. The van der Waals surface area contributed by atoms with Crippen molar-refractivity contribution < 1.29 is 18.0 Å². The zero-order valence-corrected chi connectivity index (χ0v) is 11.2. The molecule has 110 valence electrons. The molecule has 0 N–H and O–H groups in total. The molecule has 1 amide bonds. The molecule has 2 rings (SSSR count). The molecule has 0 aromatic carbocycles. The summed E-state index contributed by atoms with van der Waals surface area (Å²) in [4.78, 5) is 22.5. The van der Waals surface area contributed by atoms with Crippen LogP contribution in [0.15, 0.2) is 12.4 Å². The molecule has 0 spiro atoms. The Kier molecular flexibility index (Phi) is 3.82. The summed E-state index contributed by atoms with van der Waals surface area (Å²) in [5.41, 5.74) is 0.736. The Hall–Kier alpha value is -1.86. The van der Waals surface area contributed by atoms with Crippen molar-refractivity contribution in [1.29, 1.82) is 0 Å². The minimum atomic E-state index is -4.37. The van der Waals surface area contributed by atoms with Gasteiger partial charge in [0.15, 0.2) is 0 Å². The Morgan fingerprint density at radius 3 is 2.75 bits per heavy atom. The third-order valence-corrected chi connectivity index (χ3v) is 3.26. The van der Waals surface area contributed by atoms with Gasteiger partial charge in [0.1, 0.15) is 24.7 Å². The average molecular weight is 288 g/mol. The molecule has 0 bridgehead atoms. The minimum Gasteiger partial charge on any atom is -0.347 e. The second kappa shape index (κ2) is 5.26. The summed E-state index contributed by atoms with van der Waals surface area (Å²) in [6, 6.07) is 1.09. The SMILES string of the molecule is Cc1cc(N(C)C2CCN(CC(F)(F)F)C2=O)ncn1. The molecule has 1 aromatic rings. The number of amides is 1. The topological polar surface area (TPSA) is 49.3 Å². The summed E-state index contributed by atoms with van der Waals surface area (Å²) < 4.78 is 37.1. The predicted molar refractivity (Wildman–Crippen MR) is 66.2 cm³/mol. The highest BCUT2D eigenvalue weighted by atomic mass is 19.4. The number of aryl methyl sites for hydroxylation is 1. The maximum Gasteiger partial charge on any atom is 0.406 e. The number of hydrogen-bond acceptors (Lipinski definition) is 4. The van der Waals surface area contributed by atoms with E-state index in [-0.39, 0.29) is 6.54 Å². The van der Waals surface area contributed by atoms with Crippen LogP contribution in [-0.2, 0) is 4.79 Å². The number of anilines is 1. The molecule has 1 aliphatic heterocycles. The van der Waals surface area contributed by atoms with Crippen LogP contribution >= 0.6 is 0 Å². The number of hydrogen-bond donors (Lipinski definition) is 0. The third-order valence-electron chi connectivity index (χ3n) is 3.26. The van der Waals surface area contributed by atoms with E-state index in [0.717, 1.165) is 10.6 Å². The lowest BCUT2D eigenvalue weighted by Crippen LogP contribution is -2.43. The highest BCUT2D eigenvalue weighted by Gasteiger charge is 2.41. The van der Waals surface area contributed by atoms with E-state index in [0.29, 0.717) is 12.2 Å². The lowest BCUT2D eigenvalue weighted by molar-refractivity contribution is -0.157. The van der Waals surface area contributed by atoms with E-state index < -0.39 is 24.7 Å². The number of carbonyl (C=O) groups excluding carboxylic acids is 1. The summed E-state index contributed by atoms with van der Waals surface area (Å²) in [6.07, 6.45) is -2.64. The number of carbonyl (C=O) groups is 1. The lowest BCUT2D eigenvalue weighted by Gasteiger charge is -2.25. The summed E-state index contributed by atoms with van der Waals surface area (Å²) in [5, 5.41) is 0.